The van der Waals surface area contributed by atoms with Gasteiger partial charge < -0.3 is 15.1 Å². The molecule has 0 fully saturated rings. The number of hydrogen-bond donors (Lipinski definition) is 2. The number of benzene rings is 1. The van der Waals surface area contributed by atoms with Crippen molar-refractivity contribution in [3.8, 4) is 0 Å². The molecule has 0 bridgehead atoms. The number of rotatable bonds is 3. The Morgan fingerprint density at radius 3 is 2.59 bits per heavy atom. The zero-order valence-electron chi connectivity index (χ0n) is 15.8. The zero-order chi connectivity index (χ0) is 23.3. The molecule has 6 nitrogen and oxygen atoms in total. The molecule has 170 valence electrons. The number of halogens is 7. The molecular formula is C19H13ClF6N4O2. The number of fused-ring (bicyclic) bond motifs is 1. The van der Waals surface area contributed by atoms with Gasteiger partial charge in [0.25, 0.3) is 5.91 Å². The molecule has 3 aromatic rings. The Bertz CT molecular complexity index is 1140. The summed E-state index contributed by atoms with van der Waals surface area (Å²) in [6.45, 7) is 0. The number of nitrogens with one attached hydrogen (secondary N) is 2. The molecule has 3 heterocycles. The van der Waals surface area contributed by atoms with Crippen LogP contribution in [0.4, 0.5) is 37.8 Å². The van der Waals surface area contributed by atoms with Crippen molar-refractivity contribution in [1.29, 1.82) is 0 Å². The number of hydrogen-bond acceptors (Lipinski definition) is 4. The van der Waals surface area contributed by atoms with Crippen LogP contribution < -0.4 is 10.6 Å². The van der Waals surface area contributed by atoms with Crippen LogP contribution in [0.5, 0.6) is 0 Å². The number of nitrogens with zero attached hydrogens (tertiary/aromatic N) is 2. The van der Waals surface area contributed by atoms with Crippen LogP contribution in [-0.4, -0.2) is 21.9 Å². The second-order valence-corrected chi connectivity index (χ2v) is 7.41. The van der Waals surface area contributed by atoms with Gasteiger partial charge in [-0.15, -0.1) is 0 Å². The minimum absolute atomic E-state index is 0.227. The van der Waals surface area contributed by atoms with Gasteiger partial charge in [-0.1, -0.05) is 11.6 Å². The fraction of sp³-hybridized carbons (Fsp3) is 0.263. The van der Waals surface area contributed by atoms with Crippen LogP contribution in [0.15, 0.2) is 47.2 Å². The largest absolute Gasteiger partial charge is 0.467 e. The molecule has 32 heavy (non-hydrogen) atoms. The zero-order valence-corrected chi connectivity index (χ0v) is 16.5. The van der Waals surface area contributed by atoms with Crippen molar-refractivity contribution in [3.05, 3.63) is 64.7 Å². The van der Waals surface area contributed by atoms with E-state index in [2.05, 4.69) is 15.7 Å². The molecule has 2 aromatic heterocycles. The van der Waals surface area contributed by atoms with Crippen molar-refractivity contribution in [2.45, 2.75) is 30.9 Å². The molecule has 1 aromatic carbocycles. The van der Waals surface area contributed by atoms with Crippen molar-refractivity contribution < 1.29 is 35.6 Å². The number of alkyl halides is 6. The lowest BCUT2D eigenvalue weighted by molar-refractivity contribution is -0.174. The molecule has 0 saturated heterocycles. The Hall–Kier alpha value is -3.15. The van der Waals surface area contributed by atoms with E-state index in [0.717, 1.165) is 18.3 Å². The van der Waals surface area contributed by atoms with Crippen molar-refractivity contribution in [2.75, 3.05) is 10.6 Å². The summed E-state index contributed by atoms with van der Waals surface area (Å²) in [7, 11) is 0. The van der Waals surface area contributed by atoms with Gasteiger partial charge in [-0.25, -0.2) is 4.68 Å². The molecule has 0 unspecified atom stereocenters. The topological polar surface area (TPSA) is 72.1 Å². The monoisotopic (exact) mass is 478 g/mol. The highest BCUT2D eigenvalue weighted by Crippen LogP contribution is 2.44. The van der Waals surface area contributed by atoms with Crippen LogP contribution in [0.25, 0.3) is 0 Å². The van der Waals surface area contributed by atoms with E-state index in [9.17, 15) is 31.1 Å². The summed E-state index contributed by atoms with van der Waals surface area (Å²) in [6, 6.07) is 2.79. The summed E-state index contributed by atoms with van der Waals surface area (Å²) in [5.41, 5.74) is -1.68. The van der Waals surface area contributed by atoms with Crippen LogP contribution in [-0.2, 0) is 6.18 Å². The quantitative estimate of drug-likeness (QED) is 0.449. The van der Waals surface area contributed by atoms with Gasteiger partial charge in [-0.2, -0.15) is 31.4 Å². The molecule has 2 atom stereocenters. The second kappa shape index (κ2) is 7.76. The normalized spacial score (nSPS) is 18.7. The molecule has 1 aliphatic heterocycles. The van der Waals surface area contributed by atoms with E-state index in [0.29, 0.717) is 10.7 Å². The van der Waals surface area contributed by atoms with Gasteiger partial charge in [0.05, 0.1) is 29.1 Å². The third kappa shape index (κ3) is 4.14. The van der Waals surface area contributed by atoms with Gasteiger partial charge in [0.15, 0.2) is 6.04 Å². The number of amides is 1. The first-order chi connectivity index (χ1) is 14.9. The Balaban J connectivity index is 1.67. The molecule has 4 rings (SSSR count). The molecule has 1 amide bonds. The molecule has 2 N–H and O–H groups in total. The summed E-state index contributed by atoms with van der Waals surface area (Å²) < 4.78 is 86.0. The maximum atomic E-state index is 13.6. The fourth-order valence-electron chi connectivity index (χ4n) is 3.42. The second-order valence-electron chi connectivity index (χ2n) is 7.00. The van der Waals surface area contributed by atoms with Gasteiger partial charge in [-0.05, 0) is 30.3 Å². The van der Waals surface area contributed by atoms with Crippen LogP contribution in [0.2, 0.25) is 5.02 Å². The summed E-state index contributed by atoms with van der Waals surface area (Å²) in [5, 5.41) is 8.18. The van der Waals surface area contributed by atoms with Crippen LogP contribution >= 0.6 is 11.6 Å². The lowest BCUT2D eigenvalue weighted by Crippen LogP contribution is -2.36. The SMILES string of the molecule is O=C(Nc1ccc(Cl)c(C(F)(F)F)c1)c1cnn2c1N[C@@H](c1ccco1)C[C@@H]2C(F)(F)F. The predicted octanol–water partition coefficient (Wildman–Crippen LogP) is 6.06. The van der Waals surface area contributed by atoms with E-state index in [4.69, 9.17) is 16.0 Å². The Kier molecular flexibility index (Phi) is 5.35. The first-order valence-corrected chi connectivity index (χ1v) is 9.45. The van der Waals surface area contributed by atoms with Crippen molar-refractivity contribution in [3.63, 3.8) is 0 Å². The third-order valence-corrected chi connectivity index (χ3v) is 5.23. The van der Waals surface area contributed by atoms with Gasteiger partial charge >= 0.3 is 12.4 Å². The van der Waals surface area contributed by atoms with E-state index in [-0.39, 0.29) is 22.8 Å². The Labute approximate surface area is 181 Å². The molecular weight excluding hydrogens is 466 g/mol. The minimum Gasteiger partial charge on any atom is -0.467 e. The van der Waals surface area contributed by atoms with Crippen LogP contribution in [0.3, 0.4) is 0 Å². The van der Waals surface area contributed by atoms with Gasteiger partial charge in [-0.3, -0.25) is 4.79 Å². The fourth-order valence-corrected chi connectivity index (χ4v) is 3.65. The smallest absolute Gasteiger partial charge is 0.417 e. The standard InChI is InChI=1S/C19H13ClF6N4O2/c20-12-4-3-9(6-11(12)18(21,22)23)28-17(31)10-8-27-30-15(19(24,25)26)7-13(29-16(10)30)14-2-1-5-32-14/h1-6,8,13,15,29H,7H2,(H,28,31)/t13-,15-/m1/s1. The average Bonchev–Trinajstić information content (AvgIpc) is 3.36. The molecule has 0 radical (unpaired) electrons. The van der Waals surface area contributed by atoms with Crippen molar-refractivity contribution in [1.82, 2.24) is 9.78 Å². The molecule has 1 aliphatic rings. The Morgan fingerprint density at radius 2 is 1.97 bits per heavy atom. The van der Waals surface area contributed by atoms with Crippen molar-refractivity contribution >= 4 is 29.0 Å². The predicted molar refractivity (Wildman–Crippen MR) is 101 cm³/mol. The first-order valence-electron chi connectivity index (χ1n) is 9.07. The maximum Gasteiger partial charge on any atom is 0.417 e. The lowest BCUT2D eigenvalue weighted by Gasteiger charge is -2.32. The van der Waals surface area contributed by atoms with Crippen LogP contribution in [0, 0.1) is 0 Å². The highest BCUT2D eigenvalue weighted by atomic mass is 35.5. The average molecular weight is 479 g/mol. The summed E-state index contributed by atoms with van der Waals surface area (Å²) >= 11 is 5.56. The van der Waals surface area contributed by atoms with Gasteiger partial charge in [0.2, 0.25) is 0 Å². The first kappa shape index (κ1) is 22.1. The van der Waals surface area contributed by atoms with E-state index < -0.39 is 47.4 Å². The minimum atomic E-state index is -4.76. The highest BCUT2D eigenvalue weighted by molar-refractivity contribution is 6.31. The Morgan fingerprint density at radius 1 is 1.22 bits per heavy atom. The van der Waals surface area contributed by atoms with E-state index in [1.54, 1.807) is 0 Å². The number of carbonyl (C=O) groups excluding carboxylic acids is 1. The third-order valence-electron chi connectivity index (χ3n) is 4.90. The lowest BCUT2D eigenvalue weighted by atomic mass is 10.0. The number of carbonyl (C=O) groups is 1. The molecule has 0 spiro atoms. The number of anilines is 2. The van der Waals surface area contributed by atoms with E-state index in [1.807, 2.05) is 0 Å². The summed E-state index contributed by atoms with van der Waals surface area (Å²) in [4.78, 5) is 12.7. The van der Waals surface area contributed by atoms with E-state index >= 15 is 0 Å². The number of aromatic nitrogens is 2. The maximum absolute atomic E-state index is 13.6. The van der Waals surface area contributed by atoms with Gasteiger partial charge in [0, 0.05) is 12.1 Å². The molecule has 13 heteroatoms. The molecule has 0 saturated carbocycles. The summed E-state index contributed by atoms with van der Waals surface area (Å²) in [5.74, 6) is -0.955. The van der Waals surface area contributed by atoms with Gasteiger partial charge in [0.1, 0.15) is 17.1 Å². The summed E-state index contributed by atoms with van der Waals surface area (Å²) in [6.07, 6.45) is -7.63. The number of furan rings is 1. The van der Waals surface area contributed by atoms with E-state index in [1.165, 1.54) is 18.4 Å². The van der Waals surface area contributed by atoms with Crippen molar-refractivity contribution in [2.24, 2.45) is 0 Å². The van der Waals surface area contributed by atoms with Crippen LogP contribution in [0.1, 0.15) is 40.2 Å². The highest BCUT2D eigenvalue weighted by Gasteiger charge is 2.47. The molecule has 0 aliphatic carbocycles.